The predicted octanol–water partition coefficient (Wildman–Crippen LogP) is 17.1. The molecule has 8 aromatic rings. The van der Waals surface area contributed by atoms with Crippen LogP contribution in [0.2, 0.25) is 0 Å². The van der Waals surface area contributed by atoms with Gasteiger partial charge in [0.2, 0.25) is 0 Å². The summed E-state index contributed by atoms with van der Waals surface area (Å²) in [5.74, 6) is -1.07. The molecule has 8 rings (SSSR count). The molecule has 0 aliphatic carbocycles. The zero-order valence-electron chi connectivity index (χ0n) is 44.4. The van der Waals surface area contributed by atoms with E-state index in [-0.39, 0.29) is 92.8 Å². The van der Waals surface area contributed by atoms with Crippen LogP contribution in [0, 0.1) is 25.5 Å². The third-order valence-corrected chi connectivity index (χ3v) is 10.9. The van der Waals surface area contributed by atoms with Gasteiger partial charge in [0.15, 0.2) is 0 Å². The summed E-state index contributed by atoms with van der Waals surface area (Å²) in [5, 5.41) is 0. The second-order valence-electron chi connectivity index (χ2n) is 17.8. The SMILES string of the molecule is [2H]c1c([2H])c(N(c2ccc(-c3ccc(N(c4ccc(C(C)(C)C)cc4)c4c([2H])c([2H])c(-c5cc(C)cc(F)c5)c([2H])c4[2H])cc3)cc2)c2ccc(C(C)(C)C)cc2)c([2H])c([2H])c1-c1cc(C)cc(F)c1. The van der Waals surface area contributed by atoms with Crippen LogP contribution in [0.5, 0.6) is 0 Å². The van der Waals surface area contributed by atoms with Gasteiger partial charge in [0, 0.05) is 34.1 Å². The van der Waals surface area contributed by atoms with Crippen molar-refractivity contribution in [2.45, 2.75) is 66.2 Å². The Morgan fingerprint density at radius 3 is 0.903 bits per heavy atom. The van der Waals surface area contributed by atoms with E-state index in [9.17, 15) is 14.3 Å². The lowest BCUT2D eigenvalue weighted by atomic mass is 9.87. The minimum atomic E-state index is -0.535. The number of hydrogen-bond donors (Lipinski definition) is 0. The molecule has 0 amide bonds. The van der Waals surface area contributed by atoms with E-state index in [0.717, 1.165) is 22.3 Å². The van der Waals surface area contributed by atoms with Crippen molar-refractivity contribution in [1.29, 1.82) is 0 Å². The zero-order valence-corrected chi connectivity index (χ0v) is 36.4. The minimum absolute atomic E-state index is 0.0118. The van der Waals surface area contributed by atoms with Gasteiger partial charge in [-0.15, -0.1) is 0 Å². The summed E-state index contributed by atoms with van der Waals surface area (Å²) >= 11 is 0. The molecule has 0 saturated carbocycles. The molecule has 0 unspecified atom stereocenters. The molecule has 0 saturated heterocycles. The Morgan fingerprint density at radius 2 is 0.629 bits per heavy atom. The molecular formula is C58H54F2N2. The standard InChI is InChI=1S/C58H54F2N2/c1-39-33-45(37-49(59)35-39)43-13-25-53(26-14-43)61(55-29-17-47(18-30-55)57(3,4)5)51-21-9-41(10-22-51)42-11-23-52(24-12-42)62(56-31-19-48(20-32-56)58(6,7)8)54-27-15-44(16-28-54)46-34-40(2)36-50(60)38-46/h9-38H,1-8H3/i13D,14D,15D,16D,25D,26D,27D,28D. The maximum absolute atomic E-state index is 14.6. The average molecular weight is 825 g/mol. The fourth-order valence-corrected chi connectivity index (χ4v) is 7.53. The average Bonchev–Trinajstić information content (AvgIpc) is 3.30. The third-order valence-electron chi connectivity index (χ3n) is 10.9. The van der Waals surface area contributed by atoms with Gasteiger partial charge in [0.25, 0.3) is 0 Å². The lowest BCUT2D eigenvalue weighted by Crippen LogP contribution is -2.13. The van der Waals surface area contributed by atoms with E-state index in [2.05, 4.69) is 41.5 Å². The first-order valence-electron chi connectivity index (χ1n) is 24.7. The molecule has 2 nitrogen and oxygen atoms in total. The molecule has 0 atom stereocenters. The number of nitrogens with zero attached hydrogens (tertiary/aromatic N) is 2. The van der Waals surface area contributed by atoms with E-state index in [1.807, 2.05) is 97.1 Å². The summed E-state index contributed by atoms with van der Waals surface area (Å²) in [4.78, 5) is 3.42. The van der Waals surface area contributed by atoms with Crippen molar-refractivity contribution < 1.29 is 19.7 Å². The van der Waals surface area contributed by atoms with Gasteiger partial charge in [-0.2, -0.15) is 0 Å². The highest BCUT2D eigenvalue weighted by Gasteiger charge is 2.19. The fraction of sp³-hybridized carbons (Fsp3) is 0.172. The van der Waals surface area contributed by atoms with Crippen LogP contribution in [0.4, 0.5) is 42.9 Å². The number of aryl methyl sites for hydroxylation is 2. The van der Waals surface area contributed by atoms with Crippen LogP contribution >= 0.6 is 0 Å². The second kappa shape index (κ2) is 16.9. The Balaban J connectivity index is 1.22. The van der Waals surface area contributed by atoms with Gasteiger partial charge in [-0.3, -0.25) is 0 Å². The first-order valence-corrected chi connectivity index (χ1v) is 20.7. The number of rotatable bonds is 9. The van der Waals surface area contributed by atoms with Crippen molar-refractivity contribution in [3.05, 3.63) is 216 Å². The van der Waals surface area contributed by atoms with Gasteiger partial charge < -0.3 is 9.80 Å². The predicted molar refractivity (Wildman–Crippen MR) is 259 cm³/mol. The lowest BCUT2D eigenvalue weighted by Gasteiger charge is -2.28. The normalized spacial score (nSPS) is 13.5. The maximum Gasteiger partial charge on any atom is 0.124 e. The summed E-state index contributed by atoms with van der Waals surface area (Å²) in [5.41, 5.74) is 7.64. The first kappa shape index (κ1) is 32.9. The molecule has 4 heteroatoms. The van der Waals surface area contributed by atoms with Crippen molar-refractivity contribution in [3.8, 4) is 33.4 Å². The molecule has 0 aromatic heterocycles. The smallest absolute Gasteiger partial charge is 0.124 e. The summed E-state index contributed by atoms with van der Waals surface area (Å²) in [6.07, 6.45) is 0. The molecule has 0 aliphatic rings. The Bertz CT molecular complexity index is 2970. The van der Waals surface area contributed by atoms with Crippen LogP contribution in [0.25, 0.3) is 33.4 Å². The molecule has 0 heterocycles. The number of anilines is 6. The van der Waals surface area contributed by atoms with Crippen molar-refractivity contribution in [1.82, 2.24) is 0 Å². The minimum Gasteiger partial charge on any atom is -0.311 e. The topological polar surface area (TPSA) is 6.48 Å². The largest absolute Gasteiger partial charge is 0.311 e. The number of benzene rings is 8. The van der Waals surface area contributed by atoms with E-state index in [1.54, 1.807) is 35.8 Å². The van der Waals surface area contributed by atoms with Crippen LogP contribution in [-0.2, 0) is 10.8 Å². The molecule has 0 aliphatic heterocycles. The van der Waals surface area contributed by atoms with Crippen molar-refractivity contribution in [2.75, 3.05) is 9.80 Å². The van der Waals surface area contributed by atoms with Crippen LogP contribution in [0.3, 0.4) is 0 Å². The van der Waals surface area contributed by atoms with Crippen LogP contribution in [0.15, 0.2) is 182 Å². The first-order chi connectivity index (χ1) is 32.9. The highest BCUT2D eigenvalue weighted by Crippen LogP contribution is 2.40. The molecule has 0 N–H and O–H groups in total. The summed E-state index contributed by atoms with van der Waals surface area (Å²) in [6, 6.07) is 36.7. The molecular weight excluding hydrogens is 763 g/mol. The molecule has 62 heavy (non-hydrogen) atoms. The monoisotopic (exact) mass is 824 g/mol. The summed E-state index contributed by atoms with van der Waals surface area (Å²) in [7, 11) is 0. The quantitative estimate of drug-likeness (QED) is 0.143. The van der Waals surface area contributed by atoms with Crippen molar-refractivity contribution in [2.24, 2.45) is 0 Å². The number of halogens is 2. The Labute approximate surface area is 378 Å². The van der Waals surface area contributed by atoms with Crippen molar-refractivity contribution in [3.63, 3.8) is 0 Å². The van der Waals surface area contributed by atoms with Gasteiger partial charge in [-0.05, 0) is 177 Å². The van der Waals surface area contributed by atoms with Crippen molar-refractivity contribution >= 4 is 34.1 Å². The van der Waals surface area contributed by atoms with Crippen LogP contribution < -0.4 is 9.80 Å². The van der Waals surface area contributed by atoms with Gasteiger partial charge in [0.05, 0.1) is 11.0 Å². The van der Waals surface area contributed by atoms with Gasteiger partial charge in [0.1, 0.15) is 11.6 Å². The van der Waals surface area contributed by atoms with E-state index in [1.165, 1.54) is 24.3 Å². The van der Waals surface area contributed by atoms with E-state index in [0.29, 0.717) is 33.9 Å². The summed E-state index contributed by atoms with van der Waals surface area (Å²) < 4.78 is 103. The molecule has 0 bridgehead atoms. The van der Waals surface area contributed by atoms with E-state index < -0.39 is 11.6 Å². The Hall–Kier alpha value is -6.78. The zero-order chi connectivity index (χ0) is 50.7. The molecule has 310 valence electrons. The Kier molecular flexibility index (Phi) is 8.99. The second-order valence-corrected chi connectivity index (χ2v) is 17.8. The molecule has 0 spiro atoms. The highest BCUT2D eigenvalue weighted by molar-refractivity contribution is 5.82. The molecule has 0 fully saturated rings. The maximum atomic E-state index is 14.6. The van der Waals surface area contributed by atoms with Gasteiger partial charge in [-0.1, -0.05) is 126 Å². The summed E-state index contributed by atoms with van der Waals surface area (Å²) in [6.45, 7) is 16.1. The van der Waals surface area contributed by atoms with Gasteiger partial charge >= 0.3 is 0 Å². The van der Waals surface area contributed by atoms with Crippen LogP contribution in [-0.4, -0.2) is 0 Å². The fourth-order valence-electron chi connectivity index (χ4n) is 7.53. The third kappa shape index (κ3) is 9.26. The number of hydrogen-bond acceptors (Lipinski definition) is 2. The lowest BCUT2D eigenvalue weighted by molar-refractivity contribution is 0.590. The molecule has 8 aromatic carbocycles. The van der Waals surface area contributed by atoms with E-state index >= 15 is 0 Å². The Morgan fingerprint density at radius 1 is 0.339 bits per heavy atom. The highest BCUT2D eigenvalue weighted by atomic mass is 19.1. The van der Waals surface area contributed by atoms with Gasteiger partial charge in [-0.25, -0.2) is 8.78 Å². The molecule has 0 radical (unpaired) electrons. The van der Waals surface area contributed by atoms with Crippen LogP contribution in [0.1, 0.15) is 74.8 Å². The van der Waals surface area contributed by atoms with E-state index in [4.69, 9.17) is 5.48 Å².